The van der Waals surface area contributed by atoms with Gasteiger partial charge in [-0.15, -0.1) is 0 Å². The van der Waals surface area contributed by atoms with Crippen molar-refractivity contribution in [3.05, 3.63) is 23.2 Å². The van der Waals surface area contributed by atoms with E-state index < -0.39 is 31.9 Å². The first-order valence-electron chi connectivity index (χ1n) is 5.80. The van der Waals surface area contributed by atoms with Crippen molar-refractivity contribution in [2.45, 2.75) is 22.5 Å². The van der Waals surface area contributed by atoms with Crippen LogP contribution in [0.2, 0.25) is 5.02 Å². The molecule has 106 valence electrons. The number of aromatic hydroxyl groups is 1. The van der Waals surface area contributed by atoms with Crippen LogP contribution < -0.4 is 0 Å². The minimum atomic E-state index is -4.07. The van der Waals surface area contributed by atoms with Crippen LogP contribution in [0.5, 0.6) is 5.75 Å². The third-order valence-electron chi connectivity index (χ3n) is 3.43. The predicted molar refractivity (Wildman–Crippen MR) is 69.1 cm³/mol. The molecule has 0 atom stereocenters. The van der Waals surface area contributed by atoms with Crippen LogP contribution in [0, 0.1) is 0 Å². The minimum Gasteiger partial charge on any atom is -0.507 e. The van der Waals surface area contributed by atoms with E-state index in [1.807, 2.05) is 0 Å². The second kappa shape index (κ2) is 5.26. The fourth-order valence-corrected chi connectivity index (χ4v) is 4.62. The van der Waals surface area contributed by atoms with Gasteiger partial charge < -0.3 is 9.84 Å². The zero-order valence-electron chi connectivity index (χ0n) is 10.1. The number of hydrogen-bond acceptors (Lipinski definition) is 4. The van der Waals surface area contributed by atoms with Crippen molar-refractivity contribution in [3.8, 4) is 5.75 Å². The van der Waals surface area contributed by atoms with Crippen molar-refractivity contribution in [2.75, 3.05) is 19.9 Å². The molecule has 1 N–H and O–H groups in total. The molecule has 0 spiro atoms. The predicted octanol–water partition coefficient (Wildman–Crippen LogP) is 2.34. The van der Waals surface area contributed by atoms with Crippen molar-refractivity contribution in [1.29, 1.82) is 0 Å². The maximum absolute atomic E-state index is 13.4. The summed E-state index contributed by atoms with van der Waals surface area (Å²) in [5.41, 5.74) is 0. The maximum Gasteiger partial charge on any atom is 0.191 e. The molecule has 1 aliphatic heterocycles. The lowest BCUT2D eigenvalue weighted by Crippen LogP contribution is -2.46. The third-order valence-corrected chi connectivity index (χ3v) is 6.48. The Kier molecular flexibility index (Phi) is 4.03. The lowest BCUT2D eigenvalue weighted by molar-refractivity contribution is 0.0674. The number of ether oxygens (including phenoxy) is 1. The molecule has 1 aromatic rings. The SMILES string of the molecule is O=S(=O)(c1c(O)cccc1Cl)C1(CF)CCOCC1. The van der Waals surface area contributed by atoms with Gasteiger partial charge in [-0.05, 0) is 25.0 Å². The second-order valence-electron chi connectivity index (χ2n) is 4.52. The highest BCUT2D eigenvalue weighted by Gasteiger charge is 2.48. The normalized spacial score (nSPS) is 19.3. The van der Waals surface area contributed by atoms with Crippen LogP contribution in [0.25, 0.3) is 0 Å². The fraction of sp³-hybridized carbons (Fsp3) is 0.500. The van der Waals surface area contributed by atoms with E-state index in [-0.39, 0.29) is 31.1 Å². The summed E-state index contributed by atoms with van der Waals surface area (Å²) in [5, 5.41) is 9.65. The summed E-state index contributed by atoms with van der Waals surface area (Å²) in [4.78, 5) is -0.392. The van der Waals surface area contributed by atoms with Gasteiger partial charge in [0.05, 0.1) is 5.02 Å². The smallest absolute Gasteiger partial charge is 0.191 e. The van der Waals surface area contributed by atoms with E-state index in [0.29, 0.717) is 0 Å². The van der Waals surface area contributed by atoms with E-state index >= 15 is 0 Å². The molecule has 0 aliphatic carbocycles. The summed E-state index contributed by atoms with van der Waals surface area (Å²) >= 11 is 5.86. The van der Waals surface area contributed by atoms with E-state index in [1.54, 1.807) is 0 Å². The van der Waals surface area contributed by atoms with Gasteiger partial charge in [0.25, 0.3) is 0 Å². The van der Waals surface area contributed by atoms with Crippen molar-refractivity contribution in [2.24, 2.45) is 0 Å². The van der Waals surface area contributed by atoms with E-state index in [4.69, 9.17) is 16.3 Å². The largest absolute Gasteiger partial charge is 0.507 e. The van der Waals surface area contributed by atoms with Crippen LogP contribution in [-0.4, -0.2) is 38.2 Å². The first-order chi connectivity index (χ1) is 8.94. The van der Waals surface area contributed by atoms with E-state index in [2.05, 4.69) is 0 Å². The van der Waals surface area contributed by atoms with Gasteiger partial charge >= 0.3 is 0 Å². The summed E-state index contributed by atoms with van der Waals surface area (Å²) in [6, 6.07) is 4.02. The molecular weight excluding hydrogens is 295 g/mol. The number of hydrogen-bond donors (Lipinski definition) is 1. The van der Waals surface area contributed by atoms with Crippen LogP contribution >= 0.6 is 11.6 Å². The Morgan fingerprint density at radius 3 is 2.53 bits per heavy atom. The Morgan fingerprint density at radius 2 is 2.00 bits per heavy atom. The molecule has 1 fully saturated rings. The van der Waals surface area contributed by atoms with E-state index in [0.717, 1.165) is 0 Å². The number of phenols is 1. The number of rotatable bonds is 3. The Labute approximate surface area is 116 Å². The fourth-order valence-electron chi connectivity index (χ4n) is 2.20. The zero-order chi connectivity index (χ0) is 14.1. The highest BCUT2D eigenvalue weighted by atomic mass is 35.5. The first-order valence-corrected chi connectivity index (χ1v) is 7.66. The number of phenolic OH excluding ortho intramolecular Hbond substituents is 1. The van der Waals surface area contributed by atoms with Crippen LogP contribution in [-0.2, 0) is 14.6 Å². The quantitative estimate of drug-likeness (QED) is 0.931. The summed E-state index contributed by atoms with van der Waals surface area (Å²) in [6.45, 7) is -0.675. The van der Waals surface area contributed by atoms with Crippen LogP contribution in [0.4, 0.5) is 4.39 Å². The summed E-state index contributed by atoms with van der Waals surface area (Å²) in [5.74, 6) is -0.452. The average molecular weight is 309 g/mol. The van der Waals surface area contributed by atoms with Crippen LogP contribution in [0.3, 0.4) is 0 Å². The van der Waals surface area contributed by atoms with Gasteiger partial charge in [0.1, 0.15) is 22.1 Å². The maximum atomic E-state index is 13.4. The zero-order valence-corrected chi connectivity index (χ0v) is 11.7. The molecule has 0 aromatic heterocycles. The molecule has 0 amide bonds. The molecule has 1 heterocycles. The van der Waals surface area contributed by atoms with Crippen molar-refractivity contribution < 1.29 is 22.7 Å². The lowest BCUT2D eigenvalue weighted by atomic mass is 10.0. The van der Waals surface area contributed by atoms with E-state index in [9.17, 15) is 17.9 Å². The monoisotopic (exact) mass is 308 g/mol. The topological polar surface area (TPSA) is 63.6 Å². The van der Waals surface area contributed by atoms with Crippen molar-refractivity contribution in [1.82, 2.24) is 0 Å². The van der Waals surface area contributed by atoms with Gasteiger partial charge in [-0.1, -0.05) is 17.7 Å². The number of sulfone groups is 1. The van der Waals surface area contributed by atoms with Gasteiger partial charge in [0.2, 0.25) is 0 Å². The molecule has 1 saturated heterocycles. The van der Waals surface area contributed by atoms with Gasteiger partial charge in [-0.3, -0.25) is 0 Å². The Balaban J connectivity index is 2.58. The van der Waals surface area contributed by atoms with Gasteiger partial charge in [-0.25, -0.2) is 12.8 Å². The van der Waals surface area contributed by atoms with Crippen LogP contribution in [0.1, 0.15) is 12.8 Å². The van der Waals surface area contributed by atoms with Gasteiger partial charge in [0.15, 0.2) is 9.84 Å². The Hall–Kier alpha value is -0.850. The molecular formula is C12H14ClFO4S. The van der Waals surface area contributed by atoms with E-state index in [1.165, 1.54) is 18.2 Å². The molecule has 0 radical (unpaired) electrons. The molecule has 7 heteroatoms. The van der Waals surface area contributed by atoms with Crippen molar-refractivity contribution in [3.63, 3.8) is 0 Å². The Morgan fingerprint density at radius 1 is 1.37 bits per heavy atom. The molecule has 1 aromatic carbocycles. The molecule has 1 aliphatic rings. The Bertz CT molecular complexity index is 547. The highest BCUT2D eigenvalue weighted by molar-refractivity contribution is 7.93. The molecule has 0 bridgehead atoms. The summed E-state index contributed by atoms with van der Waals surface area (Å²) in [6.07, 6.45) is 0.104. The summed E-state index contributed by atoms with van der Waals surface area (Å²) < 4.78 is 42.2. The van der Waals surface area contributed by atoms with Gasteiger partial charge in [0, 0.05) is 13.2 Å². The highest BCUT2D eigenvalue weighted by Crippen LogP contribution is 2.41. The lowest BCUT2D eigenvalue weighted by Gasteiger charge is -2.34. The third kappa shape index (κ3) is 2.32. The average Bonchev–Trinajstić information content (AvgIpc) is 2.39. The number of alkyl halides is 1. The number of halogens is 2. The molecule has 0 unspecified atom stereocenters. The van der Waals surface area contributed by atoms with Gasteiger partial charge in [-0.2, -0.15) is 0 Å². The standard InChI is InChI=1S/C12H14ClFO4S/c13-9-2-1-3-10(15)11(9)19(16,17)12(8-14)4-6-18-7-5-12/h1-3,15H,4-8H2. The second-order valence-corrected chi connectivity index (χ2v) is 7.21. The first kappa shape index (κ1) is 14.6. The molecule has 0 saturated carbocycles. The van der Waals surface area contributed by atoms with Crippen molar-refractivity contribution >= 4 is 21.4 Å². The minimum absolute atomic E-state index is 0.0521. The van der Waals surface area contributed by atoms with Crippen LogP contribution in [0.15, 0.2) is 23.1 Å². The molecule has 4 nitrogen and oxygen atoms in total. The number of benzene rings is 1. The molecule has 2 rings (SSSR count). The molecule has 19 heavy (non-hydrogen) atoms. The summed E-state index contributed by atoms with van der Waals surface area (Å²) in [7, 11) is -4.07.